The summed E-state index contributed by atoms with van der Waals surface area (Å²) < 4.78 is 45.8. The van der Waals surface area contributed by atoms with Crippen LogP contribution >= 0.6 is 0 Å². The third-order valence-corrected chi connectivity index (χ3v) is 2.08. The second kappa shape index (κ2) is 5.65. The minimum absolute atomic E-state index is 0.0309. The van der Waals surface area contributed by atoms with E-state index in [9.17, 15) is 13.2 Å². The van der Waals surface area contributed by atoms with E-state index in [1.54, 1.807) is 18.2 Å². The summed E-state index contributed by atoms with van der Waals surface area (Å²) in [6, 6.07) is 4.78. The van der Waals surface area contributed by atoms with Gasteiger partial charge in [0.05, 0.1) is 19.4 Å². The van der Waals surface area contributed by atoms with Gasteiger partial charge in [0.25, 0.3) is 0 Å². The second-order valence-corrected chi connectivity index (χ2v) is 3.47. The van der Waals surface area contributed by atoms with Gasteiger partial charge in [-0.2, -0.15) is 13.2 Å². The Morgan fingerprint density at radius 2 is 2.00 bits per heavy atom. The molecule has 0 aromatic heterocycles. The Morgan fingerprint density at radius 1 is 1.29 bits per heavy atom. The van der Waals surface area contributed by atoms with E-state index in [1.165, 1.54) is 7.11 Å². The number of rotatable bonds is 5. The maximum absolute atomic E-state index is 11.9. The van der Waals surface area contributed by atoms with Crippen LogP contribution in [0.2, 0.25) is 0 Å². The van der Waals surface area contributed by atoms with E-state index in [0.29, 0.717) is 17.2 Å². The van der Waals surface area contributed by atoms with Crippen LogP contribution in [-0.2, 0) is 0 Å². The van der Waals surface area contributed by atoms with Gasteiger partial charge in [-0.05, 0) is 18.6 Å². The van der Waals surface area contributed by atoms with Crippen molar-refractivity contribution in [1.29, 1.82) is 0 Å². The summed E-state index contributed by atoms with van der Waals surface area (Å²) in [5, 5.41) is 0. The molecule has 2 N–H and O–H groups in total. The Labute approximate surface area is 97.3 Å². The van der Waals surface area contributed by atoms with Crippen LogP contribution in [0.15, 0.2) is 18.2 Å². The molecule has 1 rings (SSSR count). The van der Waals surface area contributed by atoms with Crippen molar-refractivity contribution in [3.05, 3.63) is 18.2 Å². The molecule has 0 aliphatic rings. The Morgan fingerprint density at radius 3 is 2.59 bits per heavy atom. The zero-order valence-corrected chi connectivity index (χ0v) is 9.38. The number of alkyl halides is 3. The highest BCUT2D eigenvalue weighted by molar-refractivity contribution is 5.55. The predicted octanol–water partition coefficient (Wildman–Crippen LogP) is 3.00. The lowest BCUT2D eigenvalue weighted by atomic mass is 10.2. The fourth-order valence-electron chi connectivity index (χ4n) is 1.22. The topological polar surface area (TPSA) is 44.5 Å². The molecule has 0 atom stereocenters. The molecule has 0 saturated heterocycles. The van der Waals surface area contributed by atoms with E-state index >= 15 is 0 Å². The Balaban J connectivity index is 2.46. The number of anilines is 1. The third kappa shape index (κ3) is 4.84. The fourth-order valence-corrected chi connectivity index (χ4v) is 1.22. The normalized spacial score (nSPS) is 11.3. The van der Waals surface area contributed by atoms with Gasteiger partial charge in [0.1, 0.15) is 11.5 Å². The van der Waals surface area contributed by atoms with Crippen molar-refractivity contribution < 1.29 is 22.6 Å². The minimum Gasteiger partial charge on any atom is -0.497 e. The van der Waals surface area contributed by atoms with Crippen LogP contribution in [0.3, 0.4) is 0 Å². The molecule has 0 heterocycles. The maximum atomic E-state index is 11.9. The van der Waals surface area contributed by atoms with Gasteiger partial charge in [-0.25, -0.2) is 0 Å². The number of halogens is 3. The second-order valence-electron chi connectivity index (χ2n) is 3.47. The lowest BCUT2D eigenvalue weighted by Gasteiger charge is -2.11. The van der Waals surface area contributed by atoms with E-state index in [2.05, 4.69) is 0 Å². The average Bonchev–Trinajstić information content (AvgIpc) is 2.25. The summed E-state index contributed by atoms with van der Waals surface area (Å²) in [6.07, 6.45) is -5.11. The Bertz CT molecular complexity index is 366. The van der Waals surface area contributed by atoms with Crippen LogP contribution in [0.4, 0.5) is 18.9 Å². The molecule has 96 valence electrons. The van der Waals surface area contributed by atoms with Gasteiger partial charge in [-0.15, -0.1) is 0 Å². The molecule has 0 spiro atoms. The number of ether oxygens (including phenoxy) is 2. The molecule has 0 aliphatic heterocycles. The molecule has 1 aromatic rings. The molecule has 3 nitrogen and oxygen atoms in total. The van der Waals surface area contributed by atoms with Crippen molar-refractivity contribution in [3.63, 3.8) is 0 Å². The summed E-state index contributed by atoms with van der Waals surface area (Å²) in [5.74, 6) is 0.886. The molecule has 0 radical (unpaired) electrons. The monoisotopic (exact) mass is 249 g/mol. The van der Waals surface area contributed by atoms with E-state index in [1.807, 2.05) is 0 Å². The lowest BCUT2D eigenvalue weighted by molar-refractivity contribution is -0.136. The zero-order valence-electron chi connectivity index (χ0n) is 9.38. The standard InChI is InChI=1S/C11H14F3NO2/c1-16-8-3-4-9(15)10(7-8)17-6-2-5-11(12,13)14/h3-4,7H,2,5-6,15H2,1H3. The third-order valence-electron chi connectivity index (χ3n) is 2.08. The predicted molar refractivity (Wildman–Crippen MR) is 58.2 cm³/mol. The summed E-state index contributed by atoms with van der Waals surface area (Å²) in [5.41, 5.74) is 5.98. The number of nitrogen functional groups attached to an aromatic ring is 1. The van der Waals surface area contributed by atoms with Gasteiger partial charge in [0.15, 0.2) is 0 Å². The highest BCUT2D eigenvalue weighted by Crippen LogP contribution is 2.27. The maximum Gasteiger partial charge on any atom is 0.389 e. The molecule has 0 bridgehead atoms. The van der Waals surface area contributed by atoms with Gasteiger partial charge in [0, 0.05) is 12.5 Å². The number of benzene rings is 1. The molecule has 1 aromatic carbocycles. The highest BCUT2D eigenvalue weighted by Gasteiger charge is 2.26. The van der Waals surface area contributed by atoms with E-state index in [-0.39, 0.29) is 13.0 Å². The lowest BCUT2D eigenvalue weighted by Crippen LogP contribution is -2.10. The molecule has 0 amide bonds. The van der Waals surface area contributed by atoms with E-state index in [4.69, 9.17) is 15.2 Å². The smallest absolute Gasteiger partial charge is 0.389 e. The first kappa shape index (κ1) is 13.5. The summed E-state index contributed by atoms with van der Waals surface area (Å²) >= 11 is 0. The van der Waals surface area contributed by atoms with Gasteiger partial charge in [0.2, 0.25) is 0 Å². The molecule has 6 heteroatoms. The molecule has 0 aliphatic carbocycles. The summed E-state index contributed by atoms with van der Waals surface area (Å²) in [7, 11) is 1.49. The van der Waals surface area contributed by atoms with Crippen molar-refractivity contribution in [2.45, 2.75) is 19.0 Å². The van der Waals surface area contributed by atoms with Gasteiger partial charge < -0.3 is 15.2 Å². The quantitative estimate of drug-likeness (QED) is 0.644. The van der Waals surface area contributed by atoms with Crippen LogP contribution in [-0.4, -0.2) is 19.9 Å². The first-order valence-corrected chi connectivity index (χ1v) is 5.05. The molecule has 0 saturated carbocycles. The number of hydrogen-bond acceptors (Lipinski definition) is 3. The number of hydrogen-bond donors (Lipinski definition) is 1. The van der Waals surface area contributed by atoms with Gasteiger partial charge >= 0.3 is 6.18 Å². The Hall–Kier alpha value is -1.59. The molecule has 17 heavy (non-hydrogen) atoms. The Kier molecular flexibility index (Phi) is 4.48. The first-order valence-electron chi connectivity index (χ1n) is 5.05. The van der Waals surface area contributed by atoms with Crippen LogP contribution in [0, 0.1) is 0 Å². The van der Waals surface area contributed by atoms with Crippen molar-refractivity contribution >= 4 is 5.69 Å². The van der Waals surface area contributed by atoms with E-state index < -0.39 is 12.6 Å². The summed E-state index contributed by atoms with van der Waals surface area (Å²) in [6.45, 7) is -0.0309. The van der Waals surface area contributed by atoms with Crippen LogP contribution in [0.25, 0.3) is 0 Å². The van der Waals surface area contributed by atoms with Crippen molar-refractivity contribution in [2.24, 2.45) is 0 Å². The molecular weight excluding hydrogens is 235 g/mol. The SMILES string of the molecule is COc1ccc(N)c(OCCCC(F)(F)F)c1. The van der Waals surface area contributed by atoms with Crippen LogP contribution in [0.5, 0.6) is 11.5 Å². The number of nitrogens with two attached hydrogens (primary N) is 1. The zero-order chi connectivity index (χ0) is 12.9. The molecule has 0 unspecified atom stereocenters. The minimum atomic E-state index is -4.15. The highest BCUT2D eigenvalue weighted by atomic mass is 19.4. The molecular formula is C11H14F3NO2. The van der Waals surface area contributed by atoms with Gasteiger partial charge in [-0.1, -0.05) is 0 Å². The van der Waals surface area contributed by atoms with Crippen molar-refractivity contribution in [1.82, 2.24) is 0 Å². The van der Waals surface area contributed by atoms with Crippen molar-refractivity contribution in [3.8, 4) is 11.5 Å². The largest absolute Gasteiger partial charge is 0.497 e. The van der Waals surface area contributed by atoms with Crippen LogP contribution in [0.1, 0.15) is 12.8 Å². The van der Waals surface area contributed by atoms with E-state index in [0.717, 1.165) is 0 Å². The first-order chi connectivity index (χ1) is 7.92. The number of methoxy groups -OCH3 is 1. The van der Waals surface area contributed by atoms with Crippen molar-refractivity contribution in [2.75, 3.05) is 19.5 Å². The van der Waals surface area contributed by atoms with Crippen LogP contribution < -0.4 is 15.2 Å². The summed E-state index contributed by atoms with van der Waals surface area (Å²) in [4.78, 5) is 0. The molecule has 0 fully saturated rings. The van der Waals surface area contributed by atoms with Gasteiger partial charge in [-0.3, -0.25) is 0 Å². The fraction of sp³-hybridized carbons (Fsp3) is 0.455. The average molecular weight is 249 g/mol.